The topological polar surface area (TPSA) is 34.0 Å². The third-order valence-corrected chi connectivity index (χ3v) is 3.83. The van der Waals surface area contributed by atoms with Gasteiger partial charge in [-0.25, -0.2) is 0 Å². The van der Waals surface area contributed by atoms with Gasteiger partial charge < -0.3 is 9.88 Å². The molecule has 3 nitrogen and oxygen atoms in total. The standard InChI is InChI=1S/C16H22N2O/c1-4-12(5-2)11-17-14-6-7-15-13(10-14)8-9-18(3)16(15)19/h6-10,12,17H,4-5,11H2,1-3H3. The molecule has 1 N–H and O–H groups in total. The molecule has 1 aromatic carbocycles. The number of aryl methyl sites for hydroxylation is 1. The molecular weight excluding hydrogens is 236 g/mol. The van der Waals surface area contributed by atoms with Crippen LogP contribution in [0.2, 0.25) is 0 Å². The highest BCUT2D eigenvalue weighted by molar-refractivity contribution is 5.84. The van der Waals surface area contributed by atoms with Gasteiger partial charge in [0.2, 0.25) is 0 Å². The van der Waals surface area contributed by atoms with Crippen LogP contribution >= 0.6 is 0 Å². The van der Waals surface area contributed by atoms with Crippen molar-refractivity contribution < 1.29 is 0 Å². The molecule has 1 aromatic heterocycles. The molecule has 3 heteroatoms. The maximum atomic E-state index is 11.9. The molecule has 0 saturated heterocycles. The maximum Gasteiger partial charge on any atom is 0.258 e. The maximum absolute atomic E-state index is 11.9. The Bertz CT molecular complexity index is 612. The largest absolute Gasteiger partial charge is 0.385 e. The molecule has 0 aliphatic rings. The summed E-state index contributed by atoms with van der Waals surface area (Å²) in [5.41, 5.74) is 1.15. The van der Waals surface area contributed by atoms with Crippen molar-refractivity contribution in [2.45, 2.75) is 26.7 Å². The summed E-state index contributed by atoms with van der Waals surface area (Å²) in [7, 11) is 1.78. The van der Waals surface area contributed by atoms with Gasteiger partial charge in [-0.15, -0.1) is 0 Å². The van der Waals surface area contributed by atoms with Gasteiger partial charge in [-0.1, -0.05) is 26.7 Å². The molecule has 19 heavy (non-hydrogen) atoms. The van der Waals surface area contributed by atoms with E-state index in [1.807, 2.05) is 24.4 Å². The number of pyridine rings is 1. The van der Waals surface area contributed by atoms with E-state index in [2.05, 4.69) is 25.2 Å². The number of anilines is 1. The number of hydrogen-bond acceptors (Lipinski definition) is 2. The van der Waals surface area contributed by atoms with E-state index in [0.717, 1.165) is 23.0 Å². The van der Waals surface area contributed by atoms with Crippen molar-refractivity contribution in [3.8, 4) is 0 Å². The van der Waals surface area contributed by atoms with Crippen LogP contribution in [0.15, 0.2) is 35.3 Å². The molecular formula is C16H22N2O. The van der Waals surface area contributed by atoms with Gasteiger partial charge in [-0.2, -0.15) is 0 Å². The molecule has 0 radical (unpaired) electrons. The van der Waals surface area contributed by atoms with Crippen molar-refractivity contribution >= 4 is 16.5 Å². The number of rotatable bonds is 5. The lowest BCUT2D eigenvalue weighted by Gasteiger charge is -2.14. The highest BCUT2D eigenvalue weighted by atomic mass is 16.1. The molecule has 0 amide bonds. The zero-order chi connectivity index (χ0) is 13.8. The van der Waals surface area contributed by atoms with E-state index in [1.54, 1.807) is 11.6 Å². The Hall–Kier alpha value is -1.77. The van der Waals surface area contributed by atoms with E-state index in [0.29, 0.717) is 5.92 Å². The Kier molecular flexibility index (Phi) is 4.25. The molecule has 0 aliphatic carbocycles. The summed E-state index contributed by atoms with van der Waals surface area (Å²) in [5, 5.41) is 5.24. The second-order valence-corrected chi connectivity index (χ2v) is 5.10. The van der Waals surface area contributed by atoms with Crippen molar-refractivity contribution in [2.24, 2.45) is 13.0 Å². The van der Waals surface area contributed by atoms with Gasteiger partial charge in [0.15, 0.2) is 0 Å². The molecule has 0 unspecified atom stereocenters. The fourth-order valence-corrected chi connectivity index (χ4v) is 2.29. The number of fused-ring (bicyclic) bond motifs is 1. The van der Waals surface area contributed by atoms with Crippen molar-refractivity contribution in [3.63, 3.8) is 0 Å². The Morgan fingerprint density at radius 1 is 1.21 bits per heavy atom. The molecule has 102 valence electrons. The fourth-order valence-electron chi connectivity index (χ4n) is 2.29. The van der Waals surface area contributed by atoms with Gasteiger partial charge in [0.25, 0.3) is 5.56 Å². The quantitative estimate of drug-likeness (QED) is 0.892. The number of hydrogen-bond donors (Lipinski definition) is 1. The SMILES string of the molecule is CCC(CC)CNc1ccc2c(=O)n(C)ccc2c1. The minimum absolute atomic E-state index is 0.0593. The van der Waals surface area contributed by atoms with Gasteiger partial charge >= 0.3 is 0 Å². The highest BCUT2D eigenvalue weighted by Gasteiger charge is 2.04. The molecule has 0 bridgehead atoms. The average Bonchev–Trinajstić information content (AvgIpc) is 2.44. The van der Waals surface area contributed by atoms with E-state index < -0.39 is 0 Å². The van der Waals surface area contributed by atoms with E-state index in [9.17, 15) is 4.79 Å². The second kappa shape index (κ2) is 5.91. The molecule has 0 spiro atoms. The van der Waals surface area contributed by atoms with Crippen LogP contribution in [0, 0.1) is 5.92 Å². The molecule has 0 atom stereocenters. The summed E-state index contributed by atoms with van der Waals surface area (Å²) in [6.45, 7) is 5.43. The minimum Gasteiger partial charge on any atom is -0.385 e. The van der Waals surface area contributed by atoms with Gasteiger partial charge in [0, 0.05) is 30.9 Å². The Morgan fingerprint density at radius 2 is 1.95 bits per heavy atom. The van der Waals surface area contributed by atoms with Crippen molar-refractivity contribution in [3.05, 3.63) is 40.8 Å². The highest BCUT2D eigenvalue weighted by Crippen LogP contribution is 2.17. The Balaban J connectivity index is 2.23. The van der Waals surface area contributed by atoms with Crippen LogP contribution in [-0.4, -0.2) is 11.1 Å². The Labute approximate surface area is 114 Å². The first-order valence-corrected chi connectivity index (χ1v) is 6.99. The van der Waals surface area contributed by atoms with Crippen LogP contribution in [0.4, 0.5) is 5.69 Å². The van der Waals surface area contributed by atoms with Crippen LogP contribution in [-0.2, 0) is 7.05 Å². The average molecular weight is 258 g/mol. The predicted molar refractivity (Wildman–Crippen MR) is 81.8 cm³/mol. The summed E-state index contributed by atoms with van der Waals surface area (Å²) in [6.07, 6.45) is 4.20. The lowest BCUT2D eigenvalue weighted by molar-refractivity contribution is 0.519. The first kappa shape index (κ1) is 13.7. The van der Waals surface area contributed by atoms with Gasteiger partial charge in [0.1, 0.15) is 0 Å². The third-order valence-electron chi connectivity index (χ3n) is 3.83. The molecule has 0 saturated carbocycles. The summed E-state index contributed by atoms with van der Waals surface area (Å²) >= 11 is 0. The van der Waals surface area contributed by atoms with Crippen molar-refractivity contribution in [1.82, 2.24) is 4.57 Å². The van der Waals surface area contributed by atoms with Crippen LogP contribution in [0.25, 0.3) is 10.8 Å². The van der Waals surface area contributed by atoms with E-state index in [4.69, 9.17) is 0 Å². The molecule has 0 aliphatic heterocycles. The first-order chi connectivity index (χ1) is 9.15. The zero-order valence-electron chi connectivity index (χ0n) is 11.9. The molecule has 1 heterocycles. The van der Waals surface area contributed by atoms with E-state index >= 15 is 0 Å². The summed E-state index contributed by atoms with van der Waals surface area (Å²) in [4.78, 5) is 11.9. The third kappa shape index (κ3) is 2.98. The number of benzene rings is 1. The lowest BCUT2D eigenvalue weighted by atomic mass is 10.0. The van der Waals surface area contributed by atoms with Gasteiger partial charge in [-0.3, -0.25) is 4.79 Å². The monoisotopic (exact) mass is 258 g/mol. The van der Waals surface area contributed by atoms with Crippen LogP contribution < -0.4 is 10.9 Å². The smallest absolute Gasteiger partial charge is 0.258 e. The fraction of sp³-hybridized carbons (Fsp3) is 0.438. The zero-order valence-corrected chi connectivity index (χ0v) is 11.9. The molecule has 2 aromatic rings. The Morgan fingerprint density at radius 3 is 2.63 bits per heavy atom. The van der Waals surface area contributed by atoms with Crippen LogP contribution in [0.5, 0.6) is 0 Å². The lowest BCUT2D eigenvalue weighted by Crippen LogP contribution is -2.16. The number of nitrogens with one attached hydrogen (secondary N) is 1. The van der Waals surface area contributed by atoms with E-state index in [-0.39, 0.29) is 5.56 Å². The summed E-state index contributed by atoms with van der Waals surface area (Å²) in [5.74, 6) is 0.708. The molecule has 0 fully saturated rings. The summed E-state index contributed by atoms with van der Waals surface area (Å²) < 4.78 is 1.61. The normalized spacial score (nSPS) is 11.2. The van der Waals surface area contributed by atoms with Crippen LogP contribution in [0.3, 0.4) is 0 Å². The second-order valence-electron chi connectivity index (χ2n) is 5.10. The van der Waals surface area contributed by atoms with Gasteiger partial charge in [-0.05, 0) is 35.6 Å². The van der Waals surface area contributed by atoms with E-state index in [1.165, 1.54) is 12.8 Å². The first-order valence-electron chi connectivity index (χ1n) is 6.99. The predicted octanol–water partition coefficient (Wildman–Crippen LogP) is 3.39. The number of aromatic nitrogens is 1. The van der Waals surface area contributed by atoms with Crippen LogP contribution in [0.1, 0.15) is 26.7 Å². The number of nitrogens with zero attached hydrogens (tertiary/aromatic N) is 1. The van der Waals surface area contributed by atoms with Gasteiger partial charge in [0.05, 0.1) is 0 Å². The summed E-state index contributed by atoms with van der Waals surface area (Å²) in [6, 6.07) is 7.94. The molecule has 2 rings (SSSR count). The van der Waals surface area contributed by atoms with Crippen molar-refractivity contribution in [1.29, 1.82) is 0 Å². The minimum atomic E-state index is 0.0593. The van der Waals surface area contributed by atoms with Crippen molar-refractivity contribution in [2.75, 3.05) is 11.9 Å².